The van der Waals surface area contributed by atoms with Crippen LogP contribution in [-0.2, 0) is 4.74 Å². The monoisotopic (exact) mass is 217 g/mol. The van der Waals surface area contributed by atoms with Crippen LogP contribution in [0.15, 0.2) is 42.6 Å². The molecule has 1 heterocycles. The summed E-state index contributed by atoms with van der Waals surface area (Å²) >= 11 is 0. The first-order valence-electron chi connectivity index (χ1n) is 5.41. The lowest BCUT2D eigenvalue weighted by Gasteiger charge is -2.30. The van der Waals surface area contributed by atoms with Gasteiger partial charge in [-0.25, -0.2) is 4.79 Å². The number of methoxy groups -OCH3 is 1. The van der Waals surface area contributed by atoms with E-state index in [1.807, 2.05) is 42.6 Å². The number of ether oxygens (including phenoxy) is 1. The van der Waals surface area contributed by atoms with E-state index in [2.05, 4.69) is 0 Å². The number of hydrogen-bond acceptors (Lipinski definition) is 2. The van der Waals surface area contributed by atoms with Crippen LogP contribution in [0, 0.1) is 0 Å². The van der Waals surface area contributed by atoms with Crippen LogP contribution in [-0.4, -0.2) is 18.1 Å². The molecular weight excluding hydrogens is 202 g/mol. The van der Waals surface area contributed by atoms with Crippen molar-refractivity contribution in [1.29, 1.82) is 0 Å². The van der Waals surface area contributed by atoms with Gasteiger partial charge in [0, 0.05) is 6.20 Å². The van der Waals surface area contributed by atoms with Gasteiger partial charge in [0.05, 0.1) is 13.2 Å². The third-order valence-corrected chi connectivity index (χ3v) is 2.78. The third kappa shape index (κ3) is 2.08. The van der Waals surface area contributed by atoms with Gasteiger partial charge in [-0.05, 0) is 18.4 Å². The molecule has 0 saturated heterocycles. The maximum atomic E-state index is 11.6. The Morgan fingerprint density at radius 2 is 2.12 bits per heavy atom. The Morgan fingerprint density at radius 1 is 1.38 bits per heavy atom. The summed E-state index contributed by atoms with van der Waals surface area (Å²) in [6.07, 6.45) is 5.44. The Balaban J connectivity index is 2.25. The molecule has 2 rings (SSSR count). The van der Waals surface area contributed by atoms with Crippen molar-refractivity contribution in [1.82, 2.24) is 4.90 Å². The second kappa shape index (κ2) is 4.84. The van der Waals surface area contributed by atoms with Crippen molar-refractivity contribution in [2.75, 3.05) is 7.11 Å². The molecule has 0 bridgehead atoms. The fourth-order valence-corrected chi connectivity index (χ4v) is 1.98. The maximum absolute atomic E-state index is 11.6. The first-order chi connectivity index (χ1) is 7.83. The molecule has 0 N–H and O–H groups in total. The van der Waals surface area contributed by atoms with Crippen molar-refractivity contribution in [2.24, 2.45) is 0 Å². The van der Waals surface area contributed by atoms with E-state index in [0.717, 1.165) is 18.4 Å². The summed E-state index contributed by atoms with van der Waals surface area (Å²) in [5.41, 5.74) is 1.15. The van der Waals surface area contributed by atoms with E-state index in [9.17, 15) is 4.79 Å². The Morgan fingerprint density at radius 3 is 2.81 bits per heavy atom. The Labute approximate surface area is 95.3 Å². The van der Waals surface area contributed by atoms with Crippen LogP contribution in [0.1, 0.15) is 24.4 Å². The van der Waals surface area contributed by atoms with Gasteiger partial charge in [0.1, 0.15) is 0 Å². The van der Waals surface area contributed by atoms with Crippen molar-refractivity contribution in [2.45, 2.75) is 18.9 Å². The zero-order valence-corrected chi connectivity index (χ0v) is 9.30. The molecule has 1 aromatic rings. The van der Waals surface area contributed by atoms with E-state index < -0.39 is 0 Å². The van der Waals surface area contributed by atoms with Gasteiger partial charge < -0.3 is 4.74 Å². The van der Waals surface area contributed by atoms with Crippen molar-refractivity contribution >= 4 is 6.09 Å². The Hall–Kier alpha value is -1.77. The lowest BCUT2D eigenvalue weighted by Crippen LogP contribution is -2.31. The molecule has 3 nitrogen and oxygen atoms in total. The number of benzene rings is 1. The minimum Gasteiger partial charge on any atom is -0.452 e. The van der Waals surface area contributed by atoms with E-state index in [4.69, 9.17) is 4.74 Å². The number of carbonyl (C=O) groups is 1. The summed E-state index contributed by atoms with van der Waals surface area (Å²) in [6.45, 7) is 0. The molecule has 1 amide bonds. The zero-order chi connectivity index (χ0) is 11.4. The summed E-state index contributed by atoms with van der Waals surface area (Å²) < 4.78 is 4.78. The van der Waals surface area contributed by atoms with Gasteiger partial charge in [-0.3, -0.25) is 4.90 Å². The molecule has 0 aromatic heterocycles. The minimum atomic E-state index is -0.301. The van der Waals surface area contributed by atoms with Gasteiger partial charge in [-0.2, -0.15) is 0 Å². The average molecular weight is 217 g/mol. The first kappa shape index (κ1) is 10.7. The largest absolute Gasteiger partial charge is 0.452 e. The molecule has 16 heavy (non-hydrogen) atoms. The van der Waals surface area contributed by atoms with Gasteiger partial charge >= 0.3 is 6.09 Å². The fourth-order valence-electron chi connectivity index (χ4n) is 1.98. The van der Waals surface area contributed by atoms with Gasteiger partial charge in [-0.1, -0.05) is 36.4 Å². The summed E-state index contributed by atoms with van der Waals surface area (Å²) in [6, 6.07) is 10.1. The number of amides is 1. The van der Waals surface area contributed by atoms with E-state index in [1.165, 1.54) is 7.11 Å². The molecule has 3 heteroatoms. The predicted octanol–water partition coefficient (Wildman–Crippen LogP) is 3.10. The summed E-state index contributed by atoms with van der Waals surface area (Å²) in [5.74, 6) is 0. The molecular formula is C13H15NO2. The zero-order valence-electron chi connectivity index (χ0n) is 9.30. The quantitative estimate of drug-likeness (QED) is 0.723. The van der Waals surface area contributed by atoms with Crippen molar-refractivity contribution in [3.8, 4) is 0 Å². The fraction of sp³-hybridized carbons (Fsp3) is 0.308. The number of hydrogen-bond donors (Lipinski definition) is 0. The number of rotatable bonds is 1. The van der Waals surface area contributed by atoms with Gasteiger partial charge in [0.15, 0.2) is 0 Å². The third-order valence-electron chi connectivity index (χ3n) is 2.78. The molecule has 1 aromatic carbocycles. The molecule has 1 atom stereocenters. The van der Waals surface area contributed by atoms with Gasteiger partial charge in [0.25, 0.3) is 0 Å². The topological polar surface area (TPSA) is 29.5 Å². The second-order valence-corrected chi connectivity index (χ2v) is 3.77. The van der Waals surface area contributed by atoms with E-state index in [1.54, 1.807) is 4.90 Å². The standard InChI is InChI=1S/C13H15NO2/c1-16-13(15)14-10-6-5-9-12(14)11-7-3-2-4-8-11/h2-4,6-8,10,12H,5,9H2,1H3. The molecule has 1 unspecified atom stereocenters. The van der Waals surface area contributed by atoms with Crippen LogP contribution in [0.25, 0.3) is 0 Å². The van der Waals surface area contributed by atoms with Crippen molar-refractivity contribution in [3.63, 3.8) is 0 Å². The van der Waals surface area contributed by atoms with Crippen LogP contribution in [0.5, 0.6) is 0 Å². The number of carbonyl (C=O) groups excluding carboxylic acids is 1. The molecule has 1 aliphatic rings. The molecule has 1 aliphatic heterocycles. The number of allylic oxidation sites excluding steroid dienone is 1. The van der Waals surface area contributed by atoms with E-state index in [-0.39, 0.29) is 12.1 Å². The predicted molar refractivity (Wildman–Crippen MR) is 61.8 cm³/mol. The van der Waals surface area contributed by atoms with Crippen LogP contribution >= 0.6 is 0 Å². The molecule has 84 valence electrons. The maximum Gasteiger partial charge on any atom is 0.414 e. The van der Waals surface area contributed by atoms with Crippen molar-refractivity contribution in [3.05, 3.63) is 48.2 Å². The van der Waals surface area contributed by atoms with Gasteiger partial charge in [-0.15, -0.1) is 0 Å². The van der Waals surface area contributed by atoms with Crippen molar-refractivity contribution < 1.29 is 9.53 Å². The average Bonchev–Trinajstić information content (AvgIpc) is 2.39. The molecule has 0 aliphatic carbocycles. The molecule has 0 saturated carbocycles. The molecule has 0 spiro atoms. The number of nitrogens with zero attached hydrogens (tertiary/aromatic N) is 1. The van der Waals surface area contributed by atoms with Crippen LogP contribution < -0.4 is 0 Å². The van der Waals surface area contributed by atoms with Crippen LogP contribution in [0.2, 0.25) is 0 Å². The summed E-state index contributed by atoms with van der Waals surface area (Å²) in [5, 5.41) is 0. The van der Waals surface area contributed by atoms with Crippen LogP contribution in [0.3, 0.4) is 0 Å². The lowest BCUT2D eigenvalue weighted by molar-refractivity contribution is 0.121. The molecule has 0 fully saturated rings. The highest BCUT2D eigenvalue weighted by Crippen LogP contribution is 2.29. The summed E-state index contributed by atoms with van der Waals surface area (Å²) in [4.78, 5) is 13.3. The van der Waals surface area contributed by atoms with E-state index in [0.29, 0.717) is 0 Å². The van der Waals surface area contributed by atoms with E-state index >= 15 is 0 Å². The lowest BCUT2D eigenvalue weighted by atomic mass is 9.98. The highest BCUT2D eigenvalue weighted by Gasteiger charge is 2.25. The van der Waals surface area contributed by atoms with Crippen LogP contribution in [0.4, 0.5) is 4.79 Å². The highest BCUT2D eigenvalue weighted by molar-refractivity contribution is 5.69. The second-order valence-electron chi connectivity index (χ2n) is 3.77. The Bertz CT molecular complexity index is 386. The normalized spacial score (nSPS) is 19.6. The Kier molecular flexibility index (Phi) is 3.25. The SMILES string of the molecule is COC(=O)N1C=CCCC1c1ccccc1. The smallest absolute Gasteiger partial charge is 0.414 e. The van der Waals surface area contributed by atoms with Gasteiger partial charge in [0.2, 0.25) is 0 Å². The first-order valence-corrected chi connectivity index (χ1v) is 5.41. The summed E-state index contributed by atoms with van der Waals surface area (Å²) in [7, 11) is 1.41. The minimum absolute atomic E-state index is 0.0960. The molecule has 0 radical (unpaired) electrons. The highest BCUT2D eigenvalue weighted by atomic mass is 16.5.